The highest BCUT2D eigenvalue weighted by atomic mass is 16.5. The molecule has 8 nitrogen and oxygen atoms in total. The van der Waals surface area contributed by atoms with Crippen molar-refractivity contribution in [3.8, 4) is 0 Å². The van der Waals surface area contributed by atoms with Crippen molar-refractivity contribution >= 4 is 12.0 Å². The molecule has 2 atom stereocenters. The third-order valence-corrected chi connectivity index (χ3v) is 5.58. The van der Waals surface area contributed by atoms with Gasteiger partial charge in [0.1, 0.15) is 0 Å². The Hall–Kier alpha value is -2.90. The number of rotatable bonds is 8. The molecule has 0 bridgehead atoms. The maximum Gasteiger partial charge on any atom is 0.317 e. The van der Waals surface area contributed by atoms with Gasteiger partial charge in [-0.25, -0.2) is 4.79 Å². The van der Waals surface area contributed by atoms with E-state index in [2.05, 4.69) is 15.5 Å². The first-order valence-electron chi connectivity index (χ1n) is 10.2. The van der Waals surface area contributed by atoms with E-state index in [9.17, 15) is 9.59 Å². The van der Waals surface area contributed by atoms with Gasteiger partial charge in [0.15, 0.2) is 5.82 Å². The molecule has 4 rings (SSSR count). The molecule has 29 heavy (non-hydrogen) atoms. The zero-order valence-electron chi connectivity index (χ0n) is 16.3. The first-order chi connectivity index (χ1) is 14.1. The van der Waals surface area contributed by atoms with Gasteiger partial charge in [-0.2, -0.15) is 4.98 Å². The second-order valence-corrected chi connectivity index (χ2v) is 7.97. The number of carboxylic acid groups (broad SMARTS) is 1. The fraction of sp³-hybridized carbons (Fsp3) is 0.524. The van der Waals surface area contributed by atoms with Gasteiger partial charge < -0.3 is 19.8 Å². The summed E-state index contributed by atoms with van der Waals surface area (Å²) in [5, 5.41) is 16.1. The number of nitrogens with zero attached hydrogens (tertiary/aromatic N) is 3. The molecule has 0 radical (unpaired) electrons. The van der Waals surface area contributed by atoms with Crippen molar-refractivity contribution in [2.45, 2.75) is 56.4 Å². The predicted octanol–water partition coefficient (Wildman–Crippen LogP) is 2.92. The van der Waals surface area contributed by atoms with E-state index in [0.717, 1.165) is 30.7 Å². The predicted molar refractivity (Wildman–Crippen MR) is 105 cm³/mol. The van der Waals surface area contributed by atoms with E-state index in [4.69, 9.17) is 9.63 Å². The van der Waals surface area contributed by atoms with Gasteiger partial charge in [-0.05, 0) is 37.7 Å². The lowest BCUT2D eigenvalue weighted by Crippen LogP contribution is -2.45. The van der Waals surface area contributed by atoms with Crippen molar-refractivity contribution in [1.29, 1.82) is 0 Å². The van der Waals surface area contributed by atoms with Gasteiger partial charge in [0, 0.05) is 31.5 Å². The Morgan fingerprint density at radius 3 is 2.72 bits per heavy atom. The highest BCUT2D eigenvalue weighted by Crippen LogP contribution is 2.39. The molecular weight excluding hydrogens is 372 g/mol. The second kappa shape index (κ2) is 8.63. The Morgan fingerprint density at radius 1 is 1.21 bits per heavy atom. The van der Waals surface area contributed by atoms with Gasteiger partial charge in [-0.3, -0.25) is 4.79 Å². The highest BCUT2D eigenvalue weighted by molar-refractivity contribution is 5.75. The molecule has 1 aliphatic heterocycles. The third kappa shape index (κ3) is 5.13. The average Bonchev–Trinajstić information content (AvgIpc) is 3.24. The van der Waals surface area contributed by atoms with Crippen LogP contribution < -0.4 is 5.32 Å². The minimum Gasteiger partial charge on any atom is -0.481 e. The van der Waals surface area contributed by atoms with Crippen molar-refractivity contribution in [3.63, 3.8) is 0 Å². The topological polar surface area (TPSA) is 109 Å². The summed E-state index contributed by atoms with van der Waals surface area (Å²) in [5.41, 5.74) is 1.07. The Balaban J connectivity index is 1.34. The molecule has 2 heterocycles. The number of aromatic nitrogens is 2. The molecule has 1 aromatic heterocycles. The Labute approximate surface area is 169 Å². The van der Waals surface area contributed by atoms with Gasteiger partial charge >= 0.3 is 12.0 Å². The van der Waals surface area contributed by atoms with Crippen LogP contribution in [0.25, 0.3) is 0 Å². The Morgan fingerprint density at radius 2 is 2.00 bits per heavy atom. The van der Waals surface area contributed by atoms with Gasteiger partial charge in [-0.15, -0.1) is 0 Å². The molecular formula is C21H26N4O4. The van der Waals surface area contributed by atoms with Gasteiger partial charge in [-0.1, -0.05) is 35.5 Å². The van der Waals surface area contributed by atoms with E-state index in [1.54, 1.807) is 4.90 Å². The lowest BCUT2D eigenvalue weighted by Gasteiger charge is -2.23. The standard InChI is InChI=1S/C21H26N4O4/c26-18(27)9-8-17(12-14-4-2-1-3-5-14)22-21(28)25-11-10-16(13-25)20-23-19(24-29-20)15-6-7-15/h1-5,15-17H,6-13H2,(H,22,28)(H,26,27). The van der Waals surface area contributed by atoms with Crippen molar-refractivity contribution < 1.29 is 19.2 Å². The Kier molecular flexibility index (Phi) is 5.78. The van der Waals surface area contributed by atoms with Crippen LogP contribution in [0.4, 0.5) is 4.79 Å². The number of amides is 2. The molecule has 2 aliphatic rings. The minimum absolute atomic E-state index is 0.0202. The molecule has 2 aromatic rings. The molecule has 8 heteroatoms. The molecule has 1 aromatic carbocycles. The molecule has 154 valence electrons. The summed E-state index contributed by atoms with van der Waals surface area (Å²) in [4.78, 5) is 30.1. The molecule has 1 saturated heterocycles. The van der Waals surface area contributed by atoms with Gasteiger partial charge in [0.2, 0.25) is 5.89 Å². The fourth-order valence-electron chi connectivity index (χ4n) is 3.75. The summed E-state index contributed by atoms with van der Waals surface area (Å²) in [6.07, 6.45) is 4.05. The summed E-state index contributed by atoms with van der Waals surface area (Å²) >= 11 is 0. The number of likely N-dealkylation sites (tertiary alicyclic amines) is 1. The van der Waals surface area contributed by atoms with Crippen LogP contribution >= 0.6 is 0 Å². The molecule has 0 spiro atoms. The van der Waals surface area contributed by atoms with Gasteiger partial charge in [0.25, 0.3) is 0 Å². The van der Waals surface area contributed by atoms with Crippen molar-refractivity contribution in [2.75, 3.05) is 13.1 Å². The summed E-state index contributed by atoms with van der Waals surface area (Å²) in [5.74, 6) is 1.06. The first kappa shape index (κ1) is 19.4. The number of hydrogen-bond donors (Lipinski definition) is 2. The van der Waals surface area contributed by atoms with Crippen LogP contribution in [-0.2, 0) is 11.2 Å². The highest BCUT2D eigenvalue weighted by Gasteiger charge is 2.34. The molecule has 1 aliphatic carbocycles. The summed E-state index contributed by atoms with van der Waals surface area (Å²) in [6, 6.07) is 9.39. The van der Waals surface area contributed by atoms with Crippen LogP contribution in [0.3, 0.4) is 0 Å². The minimum atomic E-state index is -0.860. The molecule has 2 amide bonds. The summed E-state index contributed by atoms with van der Waals surface area (Å²) in [7, 11) is 0. The third-order valence-electron chi connectivity index (χ3n) is 5.58. The van der Waals surface area contributed by atoms with Crippen LogP contribution in [0.2, 0.25) is 0 Å². The van der Waals surface area contributed by atoms with E-state index in [-0.39, 0.29) is 24.4 Å². The molecule has 1 saturated carbocycles. The maximum absolute atomic E-state index is 12.8. The normalized spacial score (nSPS) is 19.9. The van der Waals surface area contributed by atoms with E-state index >= 15 is 0 Å². The lowest BCUT2D eigenvalue weighted by atomic mass is 10.0. The fourth-order valence-corrected chi connectivity index (χ4v) is 3.75. The zero-order valence-corrected chi connectivity index (χ0v) is 16.3. The number of carboxylic acids is 1. The largest absolute Gasteiger partial charge is 0.481 e. The summed E-state index contributed by atoms with van der Waals surface area (Å²) < 4.78 is 5.42. The number of aliphatic carboxylic acids is 1. The van der Waals surface area contributed by atoms with Crippen LogP contribution in [0.15, 0.2) is 34.9 Å². The SMILES string of the molecule is O=C(O)CCC(Cc1ccccc1)NC(=O)N1CCC(c2nc(C3CC3)no2)C1. The lowest BCUT2D eigenvalue weighted by molar-refractivity contribution is -0.137. The molecule has 2 unspecified atom stereocenters. The van der Waals surface area contributed by atoms with E-state index in [1.165, 1.54) is 0 Å². The van der Waals surface area contributed by atoms with E-state index in [1.807, 2.05) is 30.3 Å². The monoisotopic (exact) mass is 398 g/mol. The summed E-state index contributed by atoms with van der Waals surface area (Å²) in [6.45, 7) is 1.16. The maximum atomic E-state index is 12.8. The van der Waals surface area contributed by atoms with E-state index in [0.29, 0.717) is 37.7 Å². The number of hydrogen-bond acceptors (Lipinski definition) is 5. The van der Waals surface area contributed by atoms with Crippen molar-refractivity contribution in [3.05, 3.63) is 47.6 Å². The zero-order chi connectivity index (χ0) is 20.2. The number of nitrogens with one attached hydrogen (secondary N) is 1. The number of carbonyl (C=O) groups excluding carboxylic acids is 1. The number of urea groups is 1. The second-order valence-electron chi connectivity index (χ2n) is 7.97. The van der Waals surface area contributed by atoms with Crippen molar-refractivity contribution in [2.24, 2.45) is 0 Å². The smallest absolute Gasteiger partial charge is 0.317 e. The van der Waals surface area contributed by atoms with Crippen molar-refractivity contribution in [1.82, 2.24) is 20.4 Å². The van der Waals surface area contributed by atoms with Gasteiger partial charge in [0.05, 0.1) is 5.92 Å². The van der Waals surface area contributed by atoms with Crippen LogP contribution in [0, 0.1) is 0 Å². The average molecular weight is 398 g/mol. The quantitative estimate of drug-likeness (QED) is 0.708. The van der Waals surface area contributed by atoms with E-state index < -0.39 is 5.97 Å². The van der Waals surface area contributed by atoms with Crippen LogP contribution in [0.5, 0.6) is 0 Å². The molecule has 2 fully saturated rings. The van der Waals surface area contributed by atoms with Crippen LogP contribution in [0.1, 0.15) is 61.2 Å². The number of benzene rings is 1. The molecule has 2 N–H and O–H groups in total. The van der Waals surface area contributed by atoms with Crippen LogP contribution in [-0.4, -0.2) is 51.3 Å². The Bertz CT molecular complexity index is 849. The first-order valence-corrected chi connectivity index (χ1v) is 10.2. The number of carbonyl (C=O) groups is 2.